The van der Waals surface area contributed by atoms with Crippen LogP contribution in [0.3, 0.4) is 0 Å². The van der Waals surface area contributed by atoms with E-state index in [4.69, 9.17) is 0 Å². The molecule has 2 heterocycles. The van der Waals surface area contributed by atoms with Crippen LogP contribution >= 0.6 is 0 Å². The molecule has 7 heteroatoms. The van der Waals surface area contributed by atoms with Crippen molar-refractivity contribution in [2.45, 2.75) is 6.42 Å². The predicted molar refractivity (Wildman–Crippen MR) is 61.1 cm³/mol. The molecule has 0 atom stereocenters. The highest BCUT2D eigenvalue weighted by atomic mass is 16.2. The monoisotopic (exact) mass is 238 g/mol. The van der Waals surface area contributed by atoms with Crippen molar-refractivity contribution in [3.8, 4) is 0 Å². The minimum atomic E-state index is -0.659. The van der Waals surface area contributed by atoms with E-state index in [2.05, 4.69) is 10.3 Å². The molecule has 0 radical (unpaired) electrons. The van der Waals surface area contributed by atoms with Crippen molar-refractivity contribution >= 4 is 5.91 Å². The summed E-state index contributed by atoms with van der Waals surface area (Å²) in [6.07, 6.45) is 0.860. The maximum atomic E-state index is 12.0. The second kappa shape index (κ2) is 4.96. The van der Waals surface area contributed by atoms with Gasteiger partial charge in [0.05, 0.1) is 0 Å². The smallest absolute Gasteiger partial charge is 0.326 e. The summed E-state index contributed by atoms with van der Waals surface area (Å²) in [4.78, 5) is 40.2. The highest BCUT2D eigenvalue weighted by molar-refractivity contribution is 5.92. The minimum absolute atomic E-state index is 0.0423. The van der Waals surface area contributed by atoms with Gasteiger partial charge in [0.25, 0.3) is 11.5 Å². The summed E-state index contributed by atoms with van der Waals surface area (Å²) in [7, 11) is 0. The largest absolute Gasteiger partial charge is 0.336 e. The van der Waals surface area contributed by atoms with E-state index >= 15 is 0 Å². The molecular weight excluding hydrogens is 224 g/mol. The lowest BCUT2D eigenvalue weighted by molar-refractivity contribution is 0.0759. The van der Waals surface area contributed by atoms with Gasteiger partial charge in [0.2, 0.25) is 0 Å². The molecule has 7 nitrogen and oxygen atoms in total. The number of amides is 1. The Morgan fingerprint density at radius 2 is 2.00 bits per heavy atom. The molecule has 0 bridgehead atoms. The molecule has 1 aliphatic rings. The average Bonchev–Trinajstić information content (AvgIpc) is 2.55. The Kier molecular flexibility index (Phi) is 3.38. The molecule has 1 amide bonds. The Morgan fingerprint density at radius 1 is 1.18 bits per heavy atom. The number of nitrogens with one attached hydrogen (secondary N) is 3. The van der Waals surface area contributed by atoms with Gasteiger partial charge in [-0.15, -0.1) is 0 Å². The van der Waals surface area contributed by atoms with Gasteiger partial charge in [0, 0.05) is 25.7 Å². The quantitative estimate of drug-likeness (QED) is 0.554. The van der Waals surface area contributed by atoms with E-state index in [0.29, 0.717) is 13.1 Å². The van der Waals surface area contributed by atoms with Gasteiger partial charge in [0.1, 0.15) is 5.69 Å². The Bertz CT molecular complexity index is 483. The highest BCUT2D eigenvalue weighted by Gasteiger charge is 2.18. The number of aromatic amines is 2. The molecule has 1 aromatic rings. The van der Waals surface area contributed by atoms with Crippen LogP contribution < -0.4 is 16.6 Å². The third-order valence-electron chi connectivity index (χ3n) is 2.62. The van der Waals surface area contributed by atoms with Crippen LogP contribution in [-0.4, -0.2) is 47.0 Å². The van der Waals surface area contributed by atoms with Crippen LogP contribution in [-0.2, 0) is 0 Å². The van der Waals surface area contributed by atoms with Crippen LogP contribution in [0.5, 0.6) is 0 Å². The minimum Gasteiger partial charge on any atom is -0.336 e. The molecule has 0 unspecified atom stereocenters. The number of H-pyrrole nitrogens is 2. The Hall–Kier alpha value is -1.89. The summed E-state index contributed by atoms with van der Waals surface area (Å²) in [5.41, 5.74) is -1.18. The Labute approximate surface area is 96.8 Å². The van der Waals surface area contributed by atoms with Gasteiger partial charge in [-0.25, -0.2) is 4.79 Å². The third kappa shape index (κ3) is 2.82. The molecule has 1 aromatic heterocycles. The van der Waals surface area contributed by atoms with E-state index in [1.807, 2.05) is 4.98 Å². The first kappa shape index (κ1) is 11.6. The summed E-state index contributed by atoms with van der Waals surface area (Å²) < 4.78 is 0. The number of nitrogens with zero attached hydrogens (tertiary/aromatic N) is 1. The summed E-state index contributed by atoms with van der Waals surface area (Å²) in [5, 5.41) is 3.17. The molecule has 17 heavy (non-hydrogen) atoms. The topological polar surface area (TPSA) is 98.1 Å². The predicted octanol–water partition coefficient (Wildman–Crippen LogP) is -1.50. The molecule has 1 saturated heterocycles. The lowest BCUT2D eigenvalue weighted by Gasteiger charge is -2.19. The van der Waals surface area contributed by atoms with Crippen LogP contribution in [0.1, 0.15) is 16.9 Å². The number of carbonyl (C=O) groups is 1. The molecule has 0 saturated carbocycles. The van der Waals surface area contributed by atoms with Crippen molar-refractivity contribution in [1.29, 1.82) is 0 Å². The molecule has 0 aliphatic carbocycles. The van der Waals surface area contributed by atoms with Gasteiger partial charge in [-0.3, -0.25) is 14.6 Å². The van der Waals surface area contributed by atoms with Gasteiger partial charge in [-0.2, -0.15) is 0 Å². The first-order valence-corrected chi connectivity index (χ1v) is 5.50. The van der Waals surface area contributed by atoms with Gasteiger partial charge in [-0.1, -0.05) is 0 Å². The highest BCUT2D eigenvalue weighted by Crippen LogP contribution is 2.01. The lowest BCUT2D eigenvalue weighted by Crippen LogP contribution is -2.37. The zero-order valence-electron chi connectivity index (χ0n) is 9.28. The molecule has 1 aliphatic heterocycles. The van der Waals surface area contributed by atoms with Crippen molar-refractivity contribution in [1.82, 2.24) is 20.2 Å². The third-order valence-corrected chi connectivity index (χ3v) is 2.62. The molecule has 0 aromatic carbocycles. The van der Waals surface area contributed by atoms with E-state index in [9.17, 15) is 14.4 Å². The van der Waals surface area contributed by atoms with Crippen molar-refractivity contribution in [3.05, 3.63) is 32.6 Å². The second-order valence-corrected chi connectivity index (χ2v) is 3.90. The van der Waals surface area contributed by atoms with Crippen LogP contribution in [0.2, 0.25) is 0 Å². The maximum Gasteiger partial charge on any atom is 0.326 e. The van der Waals surface area contributed by atoms with Crippen LogP contribution in [0.25, 0.3) is 0 Å². The Balaban J connectivity index is 2.23. The number of aromatic nitrogens is 2. The second-order valence-electron chi connectivity index (χ2n) is 3.90. The average molecular weight is 238 g/mol. The first-order valence-electron chi connectivity index (χ1n) is 5.50. The van der Waals surface area contributed by atoms with Gasteiger partial charge in [0.15, 0.2) is 0 Å². The van der Waals surface area contributed by atoms with Crippen molar-refractivity contribution in [2.24, 2.45) is 0 Å². The summed E-state index contributed by atoms with van der Waals surface area (Å²) in [6, 6.07) is 1.11. The van der Waals surface area contributed by atoms with Crippen molar-refractivity contribution < 1.29 is 4.79 Å². The summed E-state index contributed by atoms with van der Waals surface area (Å²) >= 11 is 0. The van der Waals surface area contributed by atoms with Crippen LogP contribution in [0.15, 0.2) is 15.7 Å². The summed E-state index contributed by atoms with van der Waals surface area (Å²) in [5.74, 6) is -0.308. The SMILES string of the molecule is O=C(c1cc(=O)[nH]c(=O)[nH]1)N1CCCNCC1. The van der Waals surface area contributed by atoms with E-state index in [1.165, 1.54) is 0 Å². The van der Waals surface area contributed by atoms with E-state index in [0.717, 1.165) is 25.6 Å². The number of rotatable bonds is 1. The lowest BCUT2D eigenvalue weighted by atomic mass is 10.3. The summed E-state index contributed by atoms with van der Waals surface area (Å²) in [6.45, 7) is 2.79. The number of carbonyl (C=O) groups excluding carboxylic acids is 1. The number of hydrogen-bond donors (Lipinski definition) is 3. The molecule has 1 fully saturated rings. The van der Waals surface area contributed by atoms with Gasteiger partial charge >= 0.3 is 5.69 Å². The standard InChI is InChI=1S/C10H14N4O3/c15-8-6-7(12-10(17)13-8)9(16)14-4-1-2-11-3-5-14/h6,11H,1-5H2,(H2,12,13,15,17). The Morgan fingerprint density at radius 3 is 2.76 bits per heavy atom. The van der Waals surface area contributed by atoms with E-state index in [1.54, 1.807) is 4.90 Å². The fraction of sp³-hybridized carbons (Fsp3) is 0.500. The molecular formula is C10H14N4O3. The molecule has 3 N–H and O–H groups in total. The fourth-order valence-corrected chi connectivity index (χ4v) is 1.80. The zero-order valence-corrected chi connectivity index (χ0v) is 9.28. The molecule has 2 rings (SSSR count). The van der Waals surface area contributed by atoms with E-state index in [-0.39, 0.29) is 11.6 Å². The zero-order chi connectivity index (χ0) is 12.3. The van der Waals surface area contributed by atoms with Crippen LogP contribution in [0.4, 0.5) is 0 Å². The maximum absolute atomic E-state index is 12.0. The van der Waals surface area contributed by atoms with Crippen molar-refractivity contribution in [3.63, 3.8) is 0 Å². The van der Waals surface area contributed by atoms with Gasteiger partial charge in [-0.05, 0) is 13.0 Å². The normalized spacial score (nSPS) is 16.6. The number of hydrogen-bond acceptors (Lipinski definition) is 4. The van der Waals surface area contributed by atoms with Crippen molar-refractivity contribution in [2.75, 3.05) is 26.2 Å². The molecule has 0 spiro atoms. The van der Waals surface area contributed by atoms with Crippen LogP contribution in [0, 0.1) is 0 Å². The first-order chi connectivity index (χ1) is 8.16. The fourth-order valence-electron chi connectivity index (χ4n) is 1.80. The molecule has 92 valence electrons. The van der Waals surface area contributed by atoms with E-state index < -0.39 is 11.2 Å². The van der Waals surface area contributed by atoms with Gasteiger partial charge < -0.3 is 15.2 Å².